The zero-order valence-corrected chi connectivity index (χ0v) is 41.6. The van der Waals surface area contributed by atoms with Crippen LogP contribution in [0.3, 0.4) is 0 Å². The summed E-state index contributed by atoms with van der Waals surface area (Å²) in [6.07, 6.45) is 1.87. The van der Waals surface area contributed by atoms with Gasteiger partial charge in [0, 0.05) is 12.8 Å². The lowest BCUT2D eigenvalue weighted by atomic mass is 10.00. The Bertz CT molecular complexity index is 1800. The number of carbonyl (C=O) groups is 9. The molecule has 1 unspecified atom stereocenters. The standard InChI is InChI=1S/C47H82N12O10/c1-8-29(6)14-15-39(60)53-32(16-20-48)42(63)54-34(18-22-50)43(64)55-35(19-23-51)44(65)57-36(24-27(2)3)45(66)58-37(26-31-12-10-9-11-13-31)46(67)56-33(17-21-49)41(62)52-30(7)40(61)59-38(47(68)69)25-28(4)5/h9-13,27-30,32-38H,8,14-26,48-51H2,1-7H3,(H,52,62)(H,53,60)(H,54,63)(H,55,64)(H,56,67)(H,57,65)(H,58,66)(H,59,61)(H,68,69)/t29?,30-,32+,33-,34-,35-,36-,37+,38-/m0/s1. The molecule has 0 aromatic heterocycles. The molecule has 0 saturated carbocycles. The van der Waals surface area contributed by atoms with Gasteiger partial charge in [-0.25, -0.2) is 4.79 Å². The van der Waals surface area contributed by atoms with Crippen molar-refractivity contribution in [2.24, 2.45) is 40.7 Å². The van der Waals surface area contributed by atoms with E-state index in [9.17, 15) is 48.3 Å². The van der Waals surface area contributed by atoms with Gasteiger partial charge >= 0.3 is 5.97 Å². The van der Waals surface area contributed by atoms with E-state index in [4.69, 9.17) is 22.9 Å². The molecule has 69 heavy (non-hydrogen) atoms. The van der Waals surface area contributed by atoms with E-state index in [1.54, 1.807) is 44.2 Å². The third kappa shape index (κ3) is 23.9. The zero-order chi connectivity index (χ0) is 52.2. The number of carboxylic acids is 1. The Hall–Kier alpha value is -5.71. The van der Waals surface area contributed by atoms with Crippen LogP contribution in [0.15, 0.2) is 30.3 Å². The van der Waals surface area contributed by atoms with Crippen molar-refractivity contribution in [2.45, 2.75) is 161 Å². The summed E-state index contributed by atoms with van der Waals surface area (Å²) in [5, 5.41) is 30.5. The summed E-state index contributed by atoms with van der Waals surface area (Å²) in [7, 11) is 0. The van der Waals surface area contributed by atoms with E-state index >= 15 is 0 Å². The highest BCUT2D eigenvalue weighted by molar-refractivity contribution is 5.98. The van der Waals surface area contributed by atoms with E-state index in [0.29, 0.717) is 17.9 Å². The Morgan fingerprint density at radius 3 is 1.25 bits per heavy atom. The highest BCUT2D eigenvalue weighted by Gasteiger charge is 2.34. The molecular weight excluding hydrogens is 893 g/mol. The molecule has 17 N–H and O–H groups in total. The summed E-state index contributed by atoms with van der Waals surface area (Å²) >= 11 is 0. The predicted molar refractivity (Wildman–Crippen MR) is 261 cm³/mol. The van der Waals surface area contributed by atoms with Crippen molar-refractivity contribution in [1.29, 1.82) is 0 Å². The summed E-state index contributed by atoms with van der Waals surface area (Å²) in [4.78, 5) is 120. The first kappa shape index (κ1) is 61.3. The molecular formula is C47H82N12O10. The van der Waals surface area contributed by atoms with Crippen molar-refractivity contribution in [2.75, 3.05) is 26.2 Å². The lowest BCUT2D eigenvalue weighted by Gasteiger charge is -2.28. The van der Waals surface area contributed by atoms with Crippen LogP contribution in [-0.2, 0) is 49.6 Å². The topological polar surface area (TPSA) is 374 Å². The van der Waals surface area contributed by atoms with Gasteiger partial charge in [0.25, 0.3) is 0 Å². The average Bonchev–Trinajstić information content (AvgIpc) is 3.29. The first-order valence-electron chi connectivity index (χ1n) is 24.1. The number of rotatable bonds is 34. The van der Waals surface area contributed by atoms with E-state index in [2.05, 4.69) is 42.5 Å². The normalized spacial score (nSPS) is 15.1. The van der Waals surface area contributed by atoms with Crippen molar-refractivity contribution in [3.05, 3.63) is 35.9 Å². The van der Waals surface area contributed by atoms with Gasteiger partial charge < -0.3 is 70.6 Å². The molecule has 1 aromatic rings. The molecule has 8 amide bonds. The molecule has 0 aliphatic rings. The number of nitrogens with two attached hydrogens (primary N) is 4. The Kier molecular flexibility index (Phi) is 29.3. The number of hydrogen-bond donors (Lipinski definition) is 13. The Morgan fingerprint density at radius 1 is 0.464 bits per heavy atom. The maximum Gasteiger partial charge on any atom is 0.326 e. The number of hydrogen-bond acceptors (Lipinski definition) is 13. The van der Waals surface area contributed by atoms with Crippen LogP contribution in [0.1, 0.15) is 112 Å². The maximum atomic E-state index is 14.2. The monoisotopic (exact) mass is 975 g/mol. The fourth-order valence-electron chi connectivity index (χ4n) is 7.08. The minimum Gasteiger partial charge on any atom is -0.480 e. The van der Waals surface area contributed by atoms with Gasteiger partial charge in [-0.05, 0) is 101 Å². The van der Waals surface area contributed by atoms with Crippen molar-refractivity contribution in [3.63, 3.8) is 0 Å². The maximum absolute atomic E-state index is 14.2. The van der Waals surface area contributed by atoms with Crippen LogP contribution in [0.5, 0.6) is 0 Å². The number of amides is 8. The largest absolute Gasteiger partial charge is 0.480 e. The lowest BCUT2D eigenvalue weighted by molar-refractivity contribution is -0.142. The molecule has 22 heteroatoms. The molecule has 0 heterocycles. The van der Waals surface area contributed by atoms with E-state index in [0.717, 1.165) is 6.42 Å². The Labute approximate surface area is 406 Å². The van der Waals surface area contributed by atoms with Crippen LogP contribution >= 0.6 is 0 Å². The molecule has 0 saturated heterocycles. The molecule has 0 radical (unpaired) electrons. The number of carboxylic acid groups (broad SMARTS) is 1. The quantitative estimate of drug-likeness (QED) is 0.0375. The summed E-state index contributed by atoms with van der Waals surface area (Å²) in [5.74, 6) is -6.73. The molecule has 1 aromatic carbocycles. The van der Waals surface area contributed by atoms with Crippen molar-refractivity contribution in [3.8, 4) is 0 Å². The van der Waals surface area contributed by atoms with Crippen molar-refractivity contribution in [1.82, 2.24) is 42.5 Å². The van der Waals surface area contributed by atoms with Gasteiger partial charge in [0.15, 0.2) is 0 Å². The smallest absolute Gasteiger partial charge is 0.326 e. The summed E-state index contributed by atoms with van der Waals surface area (Å²) in [6, 6.07) is -1.02. The second-order valence-electron chi connectivity index (χ2n) is 18.4. The van der Waals surface area contributed by atoms with Gasteiger partial charge in [-0.2, -0.15) is 0 Å². The van der Waals surface area contributed by atoms with Gasteiger partial charge in [0.05, 0.1) is 0 Å². The molecule has 1 rings (SSSR count). The molecule has 22 nitrogen and oxygen atoms in total. The predicted octanol–water partition coefficient (Wildman–Crippen LogP) is -1.47. The first-order valence-corrected chi connectivity index (χ1v) is 24.1. The van der Waals surface area contributed by atoms with Crippen molar-refractivity contribution < 1.29 is 48.3 Å². The van der Waals surface area contributed by atoms with Crippen LogP contribution in [0.2, 0.25) is 0 Å². The summed E-state index contributed by atoms with van der Waals surface area (Å²) in [6.45, 7) is 12.6. The minimum absolute atomic E-state index is 0.0231. The highest BCUT2D eigenvalue weighted by atomic mass is 16.4. The minimum atomic E-state index is -1.31. The van der Waals surface area contributed by atoms with Crippen LogP contribution in [0.4, 0.5) is 0 Å². The SMILES string of the molecule is CCC(C)CCC(=O)N[C@H](CCN)C(=O)N[C@@H](CCN)C(=O)N[C@@H](CCN)C(=O)N[C@@H](CC(C)C)C(=O)N[C@H](Cc1ccccc1)C(=O)N[C@@H](CCN)C(=O)N[C@@H](C)C(=O)N[C@@H](CC(C)C)C(=O)O. The Morgan fingerprint density at radius 2 is 0.826 bits per heavy atom. The van der Waals surface area contributed by atoms with Gasteiger partial charge in [-0.1, -0.05) is 78.3 Å². The van der Waals surface area contributed by atoms with Gasteiger partial charge in [-0.3, -0.25) is 38.4 Å². The third-order valence-corrected chi connectivity index (χ3v) is 11.3. The number of nitrogens with one attached hydrogen (secondary N) is 8. The molecule has 9 atom stereocenters. The van der Waals surface area contributed by atoms with Crippen LogP contribution in [0, 0.1) is 17.8 Å². The number of benzene rings is 1. The number of carbonyl (C=O) groups excluding carboxylic acids is 8. The van der Waals surface area contributed by atoms with Crippen LogP contribution in [-0.4, -0.2) is 133 Å². The van der Waals surface area contributed by atoms with E-state index < -0.39 is 95.7 Å². The average molecular weight is 975 g/mol. The van der Waals surface area contributed by atoms with E-state index in [-0.39, 0.29) is 95.3 Å². The van der Waals surface area contributed by atoms with Crippen LogP contribution in [0.25, 0.3) is 0 Å². The fraction of sp³-hybridized carbons (Fsp3) is 0.681. The summed E-state index contributed by atoms with van der Waals surface area (Å²) in [5.41, 5.74) is 23.9. The molecule has 0 aliphatic heterocycles. The molecule has 0 spiro atoms. The molecule has 0 fully saturated rings. The third-order valence-electron chi connectivity index (χ3n) is 11.3. The number of aliphatic carboxylic acids is 1. The fourth-order valence-corrected chi connectivity index (χ4v) is 7.08. The Balaban J connectivity index is 3.33. The second kappa shape index (κ2) is 32.9. The molecule has 0 bridgehead atoms. The van der Waals surface area contributed by atoms with Gasteiger partial charge in [0.1, 0.15) is 48.3 Å². The van der Waals surface area contributed by atoms with E-state index in [1.165, 1.54) is 6.92 Å². The molecule has 0 aliphatic carbocycles. The first-order chi connectivity index (χ1) is 32.6. The summed E-state index contributed by atoms with van der Waals surface area (Å²) < 4.78 is 0. The van der Waals surface area contributed by atoms with Crippen LogP contribution < -0.4 is 65.5 Å². The highest BCUT2D eigenvalue weighted by Crippen LogP contribution is 2.12. The van der Waals surface area contributed by atoms with Crippen molar-refractivity contribution >= 4 is 53.2 Å². The zero-order valence-electron chi connectivity index (χ0n) is 41.6. The van der Waals surface area contributed by atoms with Gasteiger partial charge in [-0.15, -0.1) is 0 Å². The second-order valence-corrected chi connectivity index (χ2v) is 18.4. The van der Waals surface area contributed by atoms with Gasteiger partial charge in [0.2, 0.25) is 47.3 Å². The van der Waals surface area contributed by atoms with E-state index in [1.807, 2.05) is 27.7 Å². The molecule has 390 valence electrons. The lowest BCUT2D eigenvalue weighted by Crippen LogP contribution is -2.61.